The summed E-state index contributed by atoms with van der Waals surface area (Å²) in [4.78, 5) is 14.1. The van der Waals surface area contributed by atoms with Crippen molar-refractivity contribution in [2.24, 2.45) is 5.92 Å². The lowest BCUT2D eigenvalue weighted by atomic mass is 9.88. The van der Waals surface area contributed by atoms with Crippen LogP contribution in [0, 0.1) is 5.92 Å². The Hall–Kier alpha value is -2.03. The van der Waals surface area contributed by atoms with E-state index in [2.05, 4.69) is 39.3 Å². The van der Waals surface area contributed by atoms with Gasteiger partial charge in [0, 0.05) is 27.4 Å². The Bertz CT molecular complexity index is 1110. The van der Waals surface area contributed by atoms with E-state index >= 15 is 0 Å². The topological polar surface area (TPSA) is 69.0 Å². The van der Waals surface area contributed by atoms with Gasteiger partial charge in [0.15, 0.2) is 11.0 Å². The number of hydrogen-bond acceptors (Lipinski definition) is 6. The second-order valence-electron chi connectivity index (χ2n) is 8.04. The van der Waals surface area contributed by atoms with Crippen molar-refractivity contribution in [2.45, 2.75) is 51.2 Å². The Labute approximate surface area is 201 Å². The average Bonchev–Trinajstić information content (AvgIpc) is 3.36. The summed E-state index contributed by atoms with van der Waals surface area (Å²) in [6.45, 7) is 5.28. The molecular weight excluding hydrogens is 464 g/mol. The van der Waals surface area contributed by atoms with Gasteiger partial charge >= 0.3 is 0 Å². The number of halogens is 1. The number of ether oxygens (including phenoxy) is 1. The molecule has 6 nitrogen and oxygen atoms in total. The number of thioether (sulfide) groups is 1. The molecule has 1 amide bonds. The molecule has 0 fully saturated rings. The van der Waals surface area contributed by atoms with Crippen LogP contribution in [0.15, 0.2) is 28.7 Å². The number of methoxy groups -OCH3 is 1. The fourth-order valence-corrected chi connectivity index (χ4v) is 6.16. The second-order valence-corrected chi connectivity index (χ2v) is 10.4. The first-order chi connectivity index (χ1) is 15.5. The maximum Gasteiger partial charge on any atom is 0.234 e. The maximum atomic E-state index is 12.6. The van der Waals surface area contributed by atoms with E-state index < -0.39 is 0 Å². The Balaban J connectivity index is 1.50. The third-order valence-corrected chi connectivity index (χ3v) is 7.83. The van der Waals surface area contributed by atoms with Gasteiger partial charge in [0.25, 0.3) is 0 Å². The highest BCUT2D eigenvalue weighted by molar-refractivity contribution is 7.99. The molecule has 1 aliphatic rings. The van der Waals surface area contributed by atoms with E-state index in [4.69, 9.17) is 16.3 Å². The third-order valence-electron chi connectivity index (χ3n) is 5.57. The monoisotopic (exact) mass is 490 g/mol. The van der Waals surface area contributed by atoms with Gasteiger partial charge in [-0.1, -0.05) is 37.2 Å². The summed E-state index contributed by atoms with van der Waals surface area (Å²) in [5, 5.41) is 15.4. The fourth-order valence-electron chi connectivity index (χ4n) is 3.98. The third kappa shape index (κ3) is 4.97. The van der Waals surface area contributed by atoms with Crippen LogP contribution in [-0.2, 0) is 24.2 Å². The van der Waals surface area contributed by atoms with Gasteiger partial charge in [0.05, 0.1) is 18.6 Å². The molecule has 3 aromatic rings. The van der Waals surface area contributed by atoms with Crippen LogP contribution < -0.4 is 10.1 Å². The zero-order valence-corrected chi connectivity index (χ0v) is 20.9. The van der Waals surface area contributed by atoms with E-state index in [0.717, 1.165) is 42.7 Å². The number of nitrogens with one attached hydrogen (secondary N) is 1. The van der Waals surface area contributed by atoms with E-state index in [-0.39, 0.29) is 11.7 Å². The molecule has 0 bridgehead atoms. The highest BCUT2D eigenvalue weighted by Gasteiger charge is 2.24. The van der Waals surface area contributed by atoms with Crippen molar-refractivity contribution in [2.75, 3.05) is 18.2 Å². The first-order valence-electron chi connectivity index (χ1n) is 10.8. The van der Waals surface area contributed by atoms with Crippen molar-refractivity contribution in [1.82, 2.24) is 14.8 Å². The Morgan fingerprint density at radius 1 is 1.41 bits per heavy atom. The van der Waals surface area contributed by atoms with Gasteiger partial charge < -0.3 is 14.6 Å². The van der Waals surface area contributed by atoms with Crippen molar-refractivity contribution in [1.29, 1.82) is 0 Å². The van der Waals surface area contributed by atoms with Crippen molar-refractivity contribution in [3.63, 3.8) is 0 Å². The molecule has 0 saturated carbocycles. The number of carbonyl (C=O) groups excluding carboxylic acids is 1. The minimum Gasteiger partial charge on any atom is -0.495 e. The van der Waals surface area contributed by atoms with Crippen LogP contribution in [0.2, 0.25) is 5.02 Å². The molecule has 32 heavy (non-hydrogen) atoms. The summed E-state index contributed by atoms with van der Waals surface area (Å²) in [7, 11) is 1.56. The Kier molecular flexibility index (Phi) is 7.43. The van der Waals surface area contributed by atoms with Crippen LogP contribution in [0.4, 0.5) is 5.69 Å². The first kappa shape index (κ1) is 23.1. The molecule has 2 aromatic heterocycles. The summed E-state index contributed by atoms with van der Waals surface area (Å²) in [5.41, 5.74) is 3.19. The summed E-state index contributed by atoms with van der Waals surface area (Å²) in [5.74, 6) is 2.30. The van der Waals surface area contributed by atoms with E-state index in [1.807, 2.05) is 11.3 Å². The molecule has 0 radical (unpaired) electrons. The van der Waals surface area contributed by atoms with E-state index in [1.165, 1.54) is 34.2 Å². The predicted octanol–water partition coefficient (Wildman–Crippen LogP) is 5.93. The van der Waals surface area contributed by atoms with E-state index in [0.29, 0.717) is 16.5 Å². The number of benzene rings is 1. The SMILES string of the molecule is CCCn1c(SCC(=O)Nc2cc(Cl)ccc2OC)nnc1-c1csc2c1CCC(C)C2. The summed E-state index contributed by atoms with van der Waals surface area (Å²) < 4.78 is 7.46. The van der Waals surface area contributed by atoms with Gasteiger partial charge in [-0.05, 0) is 55.4 Å². The number of carbonyl (C=O) groups is 1. The molecule has 170 valence electrons. The molecule has 2 heterocycles. The number of hydrogen-bond donors (Lipinski definition) is 1. The van der Waals surface area contributed by atoms with Crippen LogP contribution in [0.5, 0.6) is 5.75 Å². The highest BCUT2D eigenvalue weighted by atomic mass is 35.5. The lowest BCUT2D eigenvalue weighted by Crippen LogP contribution is -2.15. The van der Waals surface area contributed by atoms with E-state index in [1.54, 1.807) is 25.3 Å². The summed E-state index contributed by atoms with van der Waals surface area (Å²) in [6.07, 6.45) is 4.43. The van der Waals surface area contributed by atoms with Gasteiger partial charge in [0.1, 0.15) is 5.75 Å². The molecule has 1 aliphatic carbocycles. The lowest BCUT2D eigenvalue weighted by Gasteiger charge is -2.19. The molecule has 1 aromatic carbocycles. The van der Waals surface area contributed by atoms with E-state index in [9.17, 15) is 4.79 Å². The number of aromatic nitrogens is 3. The summed E-state index contributed by atoms with van der Waals surface area (Å²) >= 11 is 9.29. The number of amides is 1. The van der Waals surface area contributed by atoms with Crippen LogP contribution >= 0.6 is 34.7 Å². The van der Waals surface area contributed by atoms with Gasteiger partial charge in [-0.25, -0.2) is 0 Å². The summed E-state index contributed by atoms with van der Waals surface area (Å²) in [6, 6.07) is 5.14. The molecule has 0 aliphatic heterocycles. The van der Waals surface area contributed by atoms with Crippen molar-refractivity contribution in [3.8, 4) is 17.1 Å². The minimum absolute atomic E-state index is 0.148. The Morgan fingerprint density at radius 3 is 3.03 bits per heavy atom. The number of nitrogens with zero attached hydrogens (tertiary/aromatic N) is 3. The fraction of sp³-hybridized carbons (Fsp3) is 0.435. The number of rotatable bonds is 8. The largest absolute Gasteiger partial charge is 0.495 e. The number of thiophene rings is 1. The van der Waals surface area contributed by atoms with Gasteiger partial charge in [-0.2, -0.15) is 0 Å². The number of anilines is 1. The number of fused-ring (bicyclic) bond motifs is 1. The van der Waals surface area contributed by atoms with Crippen molar-refractivity contribution >= 4 is 46.3 Å². The molecule has 9 heteroatoms. The van der Waals surface area contributed by atoms with Crippen LogP contribution in [0.3, 0.4) is 0 Å². The van der Waals surface area contributed by atoms with Gasteiger partial charge in [-0.15, -0.1) is 21.5 Å². The zero-order valence-electron chi connectivity index (χ0n) is 18.5. The first-order valence-corrected chi connectivity index (χ1v) is 13.0. The van der Waals surface area contributed by atoms with Crippen LogP contribution in [0.1, 0.15) is 37.1 Å². The molecule has 1 atom stereocenters. The zero-order chi connectivity index (χ0) is 22.7. The standard InChI is InChI=1S/C23H27ClN4O2S2/c1-4-9-28-22(17-12-31-20-10-14(2)5-7-16(17)20)26-27-23(28)32-13-21(29)25-18-11-15(24)6-8-19(18)30-3/h6,8,11-12,14H,4-5,7,9-10,13H2,1-3H3,(H,25,29). The predicted molar refractivity (Wildman–Crippen MR) is 132 cm³/mol. The Morgan fingerprint density at radius 2 is 2.25 bits per heavy atom. The van der Waals surface area contributed by atoms with Gasteiger partial charge in [0.2, 0.25) is 5.91 Å². The van der Waals surface area contributed by atoms with Crippen LogP contribution in [-0.4, -0.2) is 33.5 Å². The highest BCUT2D eigenvalue weighted by Crippen LogP contribution is 2.38. The second kappa shape index (κ2) is 10.3. The quantitative estimate of drug-likeness (QED) is 0.396. The molecular formula is C23H27ClN4O2S2. The van der Waals surface area contributed by atoms with Crippen LogP contribution in [0.25, 0.3) is 11.4 Å². The van der Waals surface area contributed by atoms with Gasteiger partial charge in [-0.3, -0.25) is 4.79 Å². The smallest absolute Gasteiger partial charge is 0.234 e. The molecule has 0 saturated heterocycles. The molecule has 4 rings (SSSR count). The molecule has 0 spiro atoms. The van der Waals surface area contributed by atoms with Crippen molar-refractivity contribution < 1.29 is 9.53 Å². The van der Waals surface area contributed by atoms with Crippen molar-refractivity contribution in [3.05, 3.63) is 39.0 Å². The maximum absolute atomic E-state index is 12.6. The molecule has 1 unspecified atom stereocenters. The lowest BCUT2D eigenvalue weighted by molar-refractivity contribution is -0.113. The minimum atomic E-state index is -0.148. The average molecular weight is 491 g/mol. The normalized spacial score (nSPS) is 15.4. The molecule has 1 N–H and O–H groups in total.